The van der Waals surface area contributed by atoms with E-state index in [0.717, 1.165) is 0 Å². The summed E-state index contributed by atoms with van der Waals surface area (Å²) in [4.78, 5) is 0. The van der Waals surface area contributed by atoms with E-state index in [4.69, 9.17) is 0 Å². The second-order valence-corrected chi connectivity index (χ2v) is 14.8. The molecule has 0 fully saturated rings. The van der Waals surface area contributed by atoms with E-state index in [1.807, 2.05) is 0 Å². The lowest BCUT2D eigenvalue weighted by Crippen LogP contribution is -2.57. The summed E-state index contributed by atoms with van der Waals surface area (Å²) in [6.07, 6.45) is 0. The van der Waals surface area contributed by atoms with Gasteiger partial charge in [0, 0.05) is 32.9 Å². The Kier molecular flexibility index (Phi) is 5.22. The summed E-state index contributed by atoms with van der Waals surface area (Å²) < 4.78 is 4.92. The molecule has 11 aromatic rings. The molecule has 0 bridgehead atoms. The molecular formula is C50H29BN2. The summed E-state index contributed by atoms with van der Waals surface area (Å²) >= 11 is 0. The molecule has 0 radical (unpaired) electrons. The van der Waals surface area contributed by atoms with E-state index in [0.29, 0.717) is 0 Å². The number of benzene rings is 9. The lowest BCUT2D eigenvalue weighted by atomic mass is 9.31. The highest BCUT2D eigenvalue weighted by atomic mass is 15.0. The molecular weight excluding hydrogens is 639 g/mol. The van der Waals surface area contributed by atoms with E-state index in [-0.39, 0.29) is 6.71 Å². The van der Waals surface area contributed by atoms with Crippen molar-refractivity contribution in [2.75, 3.05) is 0 Å². The zero-order valence-electron chi connectivity index (χ0n) is 28.7. The number of hydrogen-bond acceptors (Lipinski definition) is 0. The molecule has 2 aliphatic rings. The van der Waals surface area contributed by atoms with Gasteiger partial charge >= 0.3 is 0 Å². The van der Waals surface area contributed by atoms with E-state index < -0.39 is 0 Å². The van der Waals surface area contributed by atoms with E-state index in [9.17, 15) is 0 Å². The number of aromatic nitrogens is 2. The third kappa shape index (κ3) is 3.41. The summed E-state index contributed by atoms with van der Waals surface area (Å²) in [7, 11) is 0. The molecule has 2 aliphatic heterocycles. The van der Waals surface area contributed by atoms with Crippen molar-refractivity contribution < 1.29 is 0 Å². The maximum absolute atomic E-state index is 2.49. The second kappa shape index (κ2) is 9.94. The molecule has 0 atom stereocenters. The average Bonchev–Trinajstić information content (AvgIpc) is 3.74. The fraction of sp³-hybridized carbons (Fsp3) is 0. The molecule has 2 nitrogen and oxygen atoms in total. The number of nitrogens with zero attached hydrogens (tertiary/aromatic N) is 2. The highest BCUT2D eigenvalue weighted by Gasteiger charge is 2.39. The maximum Gasteiger partial charge on any atom is 0.244 e. The third-order valence-corrected chi connectivity index (χ3v) is 12.3. The van der Waals surface area contributed by atoms with Crippen LogP contribution in [0.2, 0.25) is 0 Å². The van der Waals surface area contributed by atoms with Crippen molar-refractivity contribution in [1.82, 2.24) is 9.13 Å². The summed E-state index contributed by atoms with van der Waals surface area (Å²) in [5, 5.41) is 10.7. The monoisotopic (exact) mass is 668 g/mol. The molecule has 4 heterocycles. The average molecular weight is 669 g/mol. The largest absolute Gasteiger partial charge is 0.309 e. The third-order valence-electron chi connectivity index (χ3n) is 12.3. The fourth-order valence-electron chi connectivity index (χ4n) is 10.4. The Hall–Kier alpha value is -6.84. The van der Waals surface area contributed by atoms with Crippen LogP contribution in [0.25, 0.3) is 98.8 Å². The van der Waals surface area contributed by atoms with Crippen molar-refractivity contribution in [3.63, 3.8) is 0 Å². The Morgan fingerprint density at radius 2 is 0.717 bits per heavy atom. The molecule has 3 heteroatoms. The zero-order chi connectivity index (χ0) is 34.4. The molecule has 0 unspecified atom stereocenters. The van der Waals surface area contributed by atoms with Gasteiger partial charge in [-0.1, -0.05) is 144 Å². The van der Waals surface area contributed by atoms with Crippen molar-refractivity contribution in [3.05, 3.63) is 176 Å². The Morgan fingerprint density at radius 1 is 0.302 bits per heavy atom. The number of hydrogen-bond donors (Lipinski definition) is 0. The van der Waals surface area contributed by atoms with Crippen LogP contribution >= 0.6 is 0 Å². The van der Waals surface area contributed by atoms with Gasteiger partial charge in [-0.05, 0) is 92.3 Å². The normalized spacial score (nSPS) is 12.9. The molecule has 9 aromatic carbocycles. The van der Waals surface area contributed by atoms with Gasteiger partial charge in [0.05, 0.1) is 22.1 Å². The van der Waals surface area contributed by atoms with E-state index >= 15 is 0 Å². The van der Waals surface area contributed by atoms with Crippen molar-refractivity contribution in [3.8, 4) is 33.6 Å². The van der Waals surface area contributed by atoms with Crippen LogP contribution in [0.3, 0.4) is 0 Å². The lowest BCUT2D eigenvalue weighted by molar-refractivity contribution is 1.18. The Balaban J connectivity index is 1.20. The molecule has 0 N–H and O–H groups in total. The maximum atomic E-state index is 2.49. The van der Waals surface area contributed by atoms with Crippen molar-refractivity contribution in [2.45, 2.75) is 0 Å². The Morgan fingerprint density at radius 3 is 1.21 bits per heavy atom. The summed E-state index contributed by atoms with van der Waals surface area (Å²) in [6, 6.07) is 65.7. The van der Waals surface area contributed by atoms with Crippen molar-refractivity contribution >= 4 is 88.3 Å². The van der Waals surface area contributed by atoms with Gasteiger partial charge in [0.25, 0.3) is 0 Å². The van der Waals surface area contributed by atoms with Gasteiger partial charge in [-0.3, -0.25) is 0 Å². The molecule has 0 aliphatic carbocycles. The number of rotatable bonds is 2. The minimum atomic E-state index is 0.133. The zero-order valence-corrected chi connectivity index (χ0v) is 28.7. The highest BCUT2D eigenvalue weighted by molar-refractivity contribution is 7.01. The van der Waals surface area contributed by atoms with Crippen LogP contribution in [0.5, 0.6) is 0 Å². The molecule has 0 amide bonds. The summed E-state index contributed by atoms with van der Waals surface area (Å²) in [6.45, 7) is 0.133. The first-order chi connectivity index (χ1) is 26.3. The van der Waals surface area contributed by atoms with Crippen molar-refractivity contribution in [1.29, 1.82) is 0 Å². The standard InChI is InChI=1S/C50H29BN2/c1-3-14-30(15-4-1)52-42-26-9-7-18-34(42)48-36-22-12-24-40-46(36)38(28-44(48)52)32-20-11-21-33-39-29-45-49(37-23-13-25-41(47(37)39)51(40)50(32)33)35-19-8-10-27-43(35)53(45)31-16-5-2-6-17-31/h1-29H. The van der Waals surface area contributed by atoms with Gasteiger partial charge in [0.15, 0.2) is 0 Å². The number of fused-ring (bicyclic) bond motifs is 12. The van der Waals surface area contributed by atoms with Crippen LogP contribution in [0.4, 0.5) is 0 Å². The van der Waals surface area contributed by atoms with Crippen LogP contribution in [0.15, 0.2) is 176 Å². The highest BCUT2D eigenvalue weighted by Crippen LogP contribution is 2.46. The van der Waals surface area contributed by atoms with Gasteiger partial charge in [-0.2, -0.15) is 0 Å². The quantitative estimate of drug-likeness (QED) is 0.162. The molecule has 0 saturated heterocycles. The van der Waals surface area contributed by atoms with Gasteiger partial charge < -0.3 is 9.13 Å². The molecule has 2 aromatic heterocycles. The first-order valence-corrected chi connectivity index (χ1v) is 18.6. The Labute approximate surface area is 305 Å². The van der Waals surface area contributed by atoms with Crippen LogP contribution < -0.4 is 16.4 Å². The van der Waals surface area contributed by atoms with E-state index in [1.165, 1.54) is 115 Å². The van der Waals surface area contributed by atoms with Gasteiger partial charge in [0.2, 0.25) is 6.71 Å². The minimum Gasteiger partial charge on any atom is -0.309 e. The van der Waals surface area contributed by atoms with Crippen LogP contribution in [0.1, 0.15) is 0 Å². The molecule has 13 rings (SSSR count). The van der Waals surface area contributed by atoms with E-state index in [2.05, 4.69) is 185 Å². The molecule has 0 spiro atoms. The van der Waals surface area contributed by atoms with Crippen LogP contribution in [0, 0.1) is 0 Å². The fourth-order valence-corrected chi connectivity index (χ4v) is 10.4. The smallest absolute Gasteiger partial charge is 0.244 e. The minimum absolute atomic E-state index is 0.133. The molecule has 0 saturated carbocycles. The van der Waals surface area contributed by atoms with Gasteiger partial charge in [-0.15, -0.1) is 0 Å². The summed E-state index contributed by atoms with van der Waals surface area (Å²) in [5.74, 6) is 0. The Bertz CT molecular complexity index is 3160. The second-order valence-electron chi connectivity index (χ2n) is 14.8. The predicted molar refractivity (Wildman–Crippen MR) is 226 cm³/mol. The topological polar surface area (TPSA) is 9.86 Å². The van der Waals surface area contributed by atoms with E-state index in [1.54, 1.807) is 0 Å². The molecule has 53 heavy (non-hydrogen) atoms. The SMILES string of the molecule is c1ccc(-n2c3ccccc3c3c4cccc5c4c(cc32)-c2cccc3c2B5c2cccc4c2c-3cc2c4c3ccccc3n2-c2ccccc2)cc1. The summed E-state index contributed by atoms with van der Waals surface area (Å²) in [5.41, 5.74) is 16.9. The predicted octanol–water partition coefficient (Wildman–Crippen LogP) is 10.7. The number of para-hydroxylation sites is 4. The van der Waals surface area contributed by atoms with Crippen LogP contribution in [-0.2, 0) is 0 Å². The van der Waals surface area contributed by atoms with Crippen LogP contribution in [-0.4, -0.2) is 15.8 Å². The van der Waals surface area contributed by atoms with Gasteiger partial charge in [0.1, 0.15) is 0 Å². The van der Waals surface area contributed by atoms with Gasteiger partial charge in [-0.25, -0.2) is 0 Å². The molecule has 242 valence electrons. The first-order valence-electron chi connectivity index (χ1n) is 18.6. The lowest BCUT2D eigenvalue weighted by Gasteiger charge is -2.34. The van der Waals surface area contributed by atoms with Crippen molar-refractivity contribution in [2.24, 2.45) is 0 Å². The first kappa shape index (κ1) is 27.8.